The molecule has 0 aromatic heterocycles. The zero-order chi connectivity index (χ0) is 11.8. The van der Waals surface area contributed by atoms with E-state index in [0.29, 0.717) is 25.0 Å². The first-order valence-corrected chi connectivity index (χ1v) is 5.38. The number of hydrogen-bond acceptors (Lipinski definition) is 3. The van der Waals surface area contributed by atoms with E-state index in [-0.39, 0.29) is 6.61 Å². The molecule has 0 amide bonds. The molecule has 0 saturated heterocycles. The Balaban J connectivity index is 2.46. The van der Waals surface area contributed by atoms with Gasteiger partial charge in [0.1, 0.15) is 5.75 Å². The molecule has 2 N–H and O–H groups in total. The predicted molar refractivity (Wildman–Crippen MR) is 63.7 cm³/mol. The van der Waals surface area contributed by atoms with E-state index >= 15 is 0 Å². The Morgan fingerprint density at radius 2 is 2.00 bits per heavy atom. The molecule has 88 valence electrons. The lowest BCUT2D eigenvalue weighted by atomic mass is 10.1. The largest absolute Gasteiger partial charge is 0.513 e. The van der Waals surface area contributed by atoms with Crippen molar-refractivity contribution in [1.82, 2.24) is 0 Å². The fourth-order valence-electron chi connectivity index (χ4n) is 1.36. The molecule has 0 atom stereocenters. The standard InChI is InChI=1S/C13H18O3/c1-16-13-8-5-11(6-9-13)4-7-12(15)3-2-10-14/h5-9,14-15H,2-4,10H2,1H3. The lowest BCUT2D eigenvalue weighted by Gasteiger charge is -2.02. The van der Waals surface area contributed by atoms with Crippen molar-refractivity contribution in [3.8, 4) is 5.75 Å². The summed E-state index contributed by atoms with van der Waals surface area (Å²) in [5.74, 6) is 1.17. The minimum Gasteiger partial charge on any atom is -0.513 e. The SMILES string of the molecule is COc1ccc(CC=C(O)CCCO)cc1. The Labute approximate surface area is 96.0 Å². The molecule has 3 nitrogen and oxygen atoms in total. The fourth-order valence-corrected chi connectivity index (χ4v) is 1.36. The zero-order valence-electron chi connectivity index (χ0n) is 9.52. The summed E-state index contributed by atoms with van der Waals surface area (Å²) in [5.41, 5.74) is 1.12. The molecule has 16 heavy (non-hydrogen) atoms. The number of allylic oxidation sites excluding steroid dienone is 2. The third-order valence-corrected chi connectivity index (χ3v) is 2.32. The summed E-state index contributed by atoms with van der Waals surface area (Å²) >= 11 is 0. The van der Waals surface area contributed by atoms with E-state index in [1.807, 2.05) is 24.3 Å². The molecule has 0 aliphatic heterocycles. The van der Waals surface area contributed by atoms with Crippen molar-refractivity contribution in [2.24, 2.45) is 0 Å². The quantitative estimate of drug-likeness (QED) is 0.727. The summed E-state index contributed by atoms with van der Waals surface area (Å²) in [7, 11) is 1.63. The smallest absolute Gasteiger partial charge is 0.118 e. The average molecular weight is 222 g/mol. The Morgan fingerprint density at radius 3 is 2.56 bits per heavy atom. The van der Waals surface area contributed by atoms with Crippen LogP contribution in [0.15, 0.2) is 36.1 Å². The van der Waals surface area contributed by atoms with Crippen molar-refractivity contribution in [1.29, 1.82) is 0 Å². The summed E-state index contributed by atoms with van der Waals surface area (Å²) in [4.78, 5) is 0. The van der Waals surface area contributed by atoms with E-state index in [9.17, 15) is 5.11 Å². The van der Waals surface area contributed by atoms with Gasteiger partial charge in [-0.15, -0.1) is 0 Å². The maximum absolute atomic E-state index is 9.47. The van der Waals surface area contributed by atoms with E-state index in [0.717, 1.165) is 11.3 Å². The van der Waals surface area contributed by atoms with Crippen LogP contribution in [0.3, 0.4) is 0 Å². The highest BCUT2D eigenvalue weighted by atomic mass is 16.5. The van der Waals surface area contributed by atoms with Crippen molar-refractivity contribution >= 4 is 0 Å². The molecule has 0 aliphatic carbocycles. The Hall–Kier alpha value is -1.48. The van der Waals surface area contributed by atoms with Crippen molar-refractivity contribution in [3.05, 3.63) is 41.7 Å². The van der Waals surface area contributed by atoms with Gasteiger partial charge in [0, 0.05) is 13.0 Å². The average Bonchev–Trinajstić information content (AvgIpc) is 2.34. The highest BCUT2D eigenvalue weighted by Gasteiger charge is 1.95. The molecule has 1 aromatic rings. The second-order valence-electron chi connectivity index (χ2n) is 3.57. The first kappa shape index (κ1) is 12.6. The van der Waals surface area contributed by atoms with Gasteiger partial charge in [0.15, 0.2) is 0 Å². The summed E-state index contributed by atoms with van der Waals surface area (Å²) in [6.45, 7) is 0.112. The van der Waals surface area contributed by atoms with Crippen LogP contribution in [-0.4, -0.2) is 23.9 Å². The number of benzene rings is 1. The van der Waals surface area contributed by atoms with Gasteiger partial charge in [-0.05, 0) is 36.6 Å². The first-order chi connectivity index (χ1) is 7.76. The van der Waals surface area contributed by atoms with Crippen LogP contribution in [0.4, 0.5) is 0 Å². The van der Waals surface area contributed by atoms with E-state index in [4.69, 9.17) is 9.84 Å². The van der Waals surface area contributed by atoms with Crippen LogP contribution in [-0.2, 0) is 6.42 Å². The van der Waals surface area contributed by atoms with Crippen LogP contribution in [0, 0.1) is 0 Å². The Morgan fingerprint density at radius 1 is 1.31 bits per heavy atom. The number of aliphatic hydroxyl groups is 2. The third kappa shape index (κ3) is 4.36. The maximum atomic E-state index is 9.47. The lowest BCUT2D eigenvalue weighted by Crippen LogP contribution is -1.89. The molecule has 0 saturated carbocycles. The van der Waals surface area contributed by atoms with Crippen molar-refractivity contribution in [3.63, 3.8) is 0 Å². The molecule has 0 fully saturated rings. The second kappa shape index (κ2) is 6.90. The highest BCUT2D eigenvalue weighted by molar-refractivity contribution is 5.28. The lowest BCUT2D eigenvalue weighted by molar-refractivity contribution is 0.275. The third-order valence-electron chi connectivity index (χ3n) is 2.32. The maximum Gasteiger partial charge on any atom is 0.118 e. The van der Waals surface area contributed by atoms with Gasteiger partial charge in [0.05, 0.1) is 12.9 Å². The van der Waals surface area contributed by atoms with Gasteiger partial charge in [-0.3, -0.25) is 0 Å². The number of hydrogen-bond donors (Lipinski definition) is 2. The van der Waals surface area contributed by atoms with Gasteiger partial charge in [-0.2, -0.15) is 0 Å². The molecule has 0 spiro atoms. The van der Waals surface area contributed by atoms with Crippen LogP contribution in [0.5, 0.6) is 5.75 Å². The van der Waals surface area contributed by atoms with Gasteiger partial charge in [0.25, 0.3) is 0 Å². The topological polar surface area (TPSA) is 49.7 Å². The first-order valence-electron chi connectivity index (χ1n) is 5.38. The molecular formula is C13H18O3. The molecule has 0 bridgehead atoms. The van der Waals surface area contributed by atoms with Crippen LogP contribution in [0.1, 0.15) is 18.4 Å². The van der Waals surface area contributed by atoms with Crippen LogP contribution >= 0.6 is 0 Å². The van der Waals surface area contributed by atoms with Crippen molar-refractivity contribution in [2.75, 3.05) is 13.7 Å². The zero-order valence-corrected chi connectivity index (χ0v) is 9.52. The summed E-state index contributed by atoms with van der Waals surface area (Å²) in [6, 6.07) is 7.73. The van der Waals surface area contributed by atoms with Crippen molar-refractivity contribution in [2.45, 2.75) is 19.3 Å². The van der Waals surface area contributed by atoms with E-state index in [2.05, 4.69) is 0 Å². The number of rotatable bonds is 6. The monoisotopic (exact) mass is 222 g/mol. The Kier molecular flexibility index (Phi) is 5.43. The van der Waals surface area contributed by atoms with E-state index in [1.54, 1.807) is 13.2 Å². The summed E-state index contributed by atoms with van der Waals surface area (Å²) in [5, 5.41) is 18.1. The fraction of sp³-hybridized carbons (Fsp3) is 0.385. The molecule has 1 aromatic carbocycles. The molecule has 0 radical (unpaired) electrons. The van der Waals surface area contributed by atoms with Crippen LogP contribution in [0.2, 0.25) is 0 Å². The molecule has 3 heteroatoms. The van der Waals surface area contributed by atoms with Gasteiger partial charge >= 0.3 is 0 Å². The minimum absolute atomic E-state index is 0.112. The second-order valence-corrected chi connectivity index (χ2v) is 3.57. The van der Waals surface area contributed by atoms with E-state index < -0.39 is 0 Å². The van der Waals surface area contributed by atoms with Crippen molar-refractivity contribution < 1.29 is 14.9 Å². The minimum atomic E-state index is 0.112. The summed E-state index contributed by atoms with van der Waals surface area (Å²) in [6.07, 6.45) is 3.61. The molecule has 0 unspecified atom stereocenters. The predicted octanol–water partition coefficient (Wildman–Crippen LogP) is 2.45. The van der Waals surface area contributed by atoms with E-state index in [1.165, 1.54) is 0 Å². The van der Waals surface area contributed by atoms with Gasteiger partial charge in [-0.1, -0.05) is 12.1 Å². The number of aliphatic hydroxyl groups excluding tert-OH is 2. The van der Waals surface area contributed by atoms with Crippen LogP contribution in [0.25, 0.3) is 0 Å². The molecule has 0 aliphatic rings. The van der Waals surface area contributed by atoms with Gasteiger partial charge in [0.2, 0.25) is 0 Å². The van der Waals surface area contributed by atoms with Gasteiger partial charge < -0.3 is 14.9 Å². The highest BCUT2D eigenvalue weighted by Crippen LogP contribution is 2.12. The normalized spacial score (nSPS) is 11.5. The summed E-state index contributed by atoms with van der Waals surface area (Å²) < 4.78 is 5.06. The number of methoxy groups -OCH3 is 1. The van der Waals surface area contributed by atoms with Gasteiger partial charge in [-0.25, -0.2) is 0 Å². The molecule has 1 rings (SSSR count). The number of ether oxygens (including phenoxy) is 1. The molecular weight excluding hydrogens is 204 g/mol. The van der Waals surface area contributed by atoms with Crippen LogP contribution < -0.4 is 4.74 Å². The molecule has 0 heterocycles. The Bertz CT molecular complexity index is 328.